The van der Waals surface area contributed by atoms with Crippen LogP contribution in [0.15, 0.2) is 27.6 Å². The van der Waals surface area contributed by atoms with E-state index in [0.29, 0.717) is 12.1 Å². The van der Waals surface area contributed by atoms with Gasteiger partial charge in [0.1, 0.15) is 17.2 Å². The van der Waals surface area contributed by atoms with Crippen LogP contribution in [0.2, 0.25) is 0 Å². The Labute approximate surface area is 164 Å². The number of nitrogens with zero attached hydrogens (tertiary/aromatic N) is 1. The van der Waals surface area contributed by atoms with Crippen LogP contribution >= 0.6 is 35.7 Å². The average Bonchev–Trinajstić information content (AvgIpc) is 2.86. The summed E-state index contributed by atoms with van der Waals surface area (Å²) in [7, 11) is 1.75. The van der Waals surface area contributed by atoms with Gasteiger partial charge in [-0.15, -0.1) is 24.0 Å². The van der Waals surface area contributed by atoms with Crippen molar-refractivity contribution in [3.05, 3.63) is 35.3 Å². The van der Waals surface area contributed by atoms with E-state index in [9.17, 15) is 4.39 Å². The molecule has 0 atom stereocenters. The highest BCUT2D eigenvalue weighted by atomic mass is 127. The van der Waals surface area contributed by atoms with Gasteiger partial charge in [-0.3, -0.25) is 4.99 Å². The van der Waals surface area contributed by atoms with E-state index in [-0.39, 0.29) is 29.8 Å². The summed E-state index contributed by atoms with van der Waals surface area (Å²) in [5.74, 6) is 2.49. The van der Waals surface area contributed by atoms with E-state index in [4.69, 9.17) is 4.42 Å². The lowest BCUT2D eigenvalue weighted by Gasteiger charge is -2.11. The molecule has 1 aromatic carbocycles. The fourth-order valence-corrected chi connectivity index (χ4v) is 2.87. The number of thioether (sulfide) groups is 1. The van der Waals surface area contributed by atoms with Crippen molar-refractivity contribution in [2.45, 2.75) is 26.3 Å². The van der Waals surface area contributed by atoms with Gasteiger partial charge in [0.25, 0.3) is 0 Å². The van der Waals surface area contributed by atoms with Crippen molar-refractivity contribution in [1.29, 1.82) is 0 Å². The Bertz CT molecular complexity index is 675. The molecule has 0 aliphatic heterocycles. The number of rotatable bonds is 7. The quantitative estimate of drug-likeness (QED) is 0.277. The molecule has 2 aromatic rings. The molecule has 0 spiro atoms. The fraction of sp³-hybridized carbons (Fsp3) is 0.471. The van der Waals surface area contributed by atoms with Gasteiger partial charge in [-0.2, -0.15) is 11.8 Å². The molecule has 4 nitrogen and oxygen atoms in total. The van der Waals surface area contributed by atoms with Gasteiger partial charge >= 0.3 is 0 Å². The molecule has 0 unspecified atom stereocenters. The first-order chi connectivity index (χ1) is 11.2. The molecule has 2 rings (SSSR count). The molecule has 0 saturated carbocycles. The van der Waals surface area contributed by atoms with Gasteiger partial charge in [-0.05, 0) is 50.0 Å². The Balaban J connectivity index is 0.00000288. The van der Waals surface area contributed by atoms with E-state index in [0.717, 1.165) is 35.6 Å². The highest BCUT2D eigenvalue weighted by molar-refractivity contribution is 14.0. The number of furan rings is 1. The lowest BCUT2D eigenvalue weighted by molar-refractivity contribution is 0.533. The number of aliphatic imine (C=N–C) groups is 1. The third-order valence-electron chi connectivity index (χ3n) is 3.70. The van der Waals surface area contributed by atoms with Gasteiger partial charge in [0.15, 0.2) is 5.96 Å². The third kappa shape index (κ3) is 5.84. The Morgan fingerprint density at radius 1 is 1.29 bits per heavy atom. The van der Waals surface area contributed by atoms with Crippen molar-refractivity contribution >= 4 is 52.7 Å². The minimum absolute atomic E-state index is 0. The molecule has 0 bridgehead atoms. The van der Waals surface area contributed by atoms with Crippen LogP contribution in [-0.2, 0) is 6.54 Å². The maximum atomic E-state index is 13.3. The zero-order valence-corrected chi connectivity index (χ0v) is 17.5. The molecular weight excluding hydrogens is 440 g/mol. The molecule has 0 aliphatic carbocycles. The van der Waals surface area contributed by atoms with Crippen molar-refractivity contribution in [2.24, 2.45) is 4.99 Å². The van der Waals surface area contributed by atoms with E-state index in [1.165, 1.54) is 24.3 Å². The van der Waals surface area contributed by atoms with Gasteiger partial charge in [0.2, 0.25) is 0 Å². The van der Waals surface area contributed by atoms with E-state index < -0.39 is 0 Å². The SMILES string of the molecule is CN=C(NCCCCSC)NCc1oc2ccc(F)cc2c1C.I. The van der Waals surface area contributed by atoms with E-state index in [2.05, 4.69) is 21.9 Å². The summed E-state index contributed by atoms with van der Waals surface area (Å²) in [6.45, 7) is 3.36. The molecular formula is C17H25FIN3OS. The predicted octanol–water partition coefficient (Wildman–Crippen LogP) is 4.31. The van der Waals surface area contributed by atoms with Crippen LogP contribution in [0.1, 0.15) is 24.2 Å². The number of aryl methyl sites for hydroxylation is 1. The number of hydrogen-bond donors (Lipinski definition) is 2. The second kappa shape index (κ2) is 10.8. The summed E-state index contributed by atoms with van der Waals surface area (Å²) in [6.07, 6.45) is 4.43. The van der Waals surface area contributed by atoms with Crippen LogP contribution < -0.4 is 10.6 Å². The molecule has 2 N–H and O–H groups in total. The van der Waals surface area contributed by atoms with Crippen molar-refractivity contribution in [3.63, 3.8) is 0 Å². The lowest BCUT2D eigenvalue weighted by Crippen LogP contribution is -2.37. The van der Waals surface area contributed by atoms with Crippen LogP contribution in [0.25, 0.3) is 11.0 Å². The minimum atomic E-state index is -0.247. The van der Waals surface area contributed by atoms with Gasteiger partial charge in [0.05, 0.1) is 6.54 Å². The Kier molecular flexibility index (Phi) is 9.50. The summed E-state index contributed by atoms with van der Waals surface area (Å²) >= 11 is 1.87. The fourth-order valence-electron chi connectivity index (χ4n) is 2.38. The normalized spacial score (nSPS) is 11.4. The summed E-state index contributed by atoms with van der Waals surface area (Å²) in [6, 6.07) is 4.59. The van der Waals surface area contributed by atoms with E-state index in [1.807, 2.05) is 18.7 Å². The number of benzene rings is 1. The standard InChI is InChI=1S/C17H24FN3OS.HI/c1-12-14-10-13(18)6-7-15(14)22-16(12)11-21-17(19-2)20-8-4-5-9-23-3;/h6-7,10H,4-5,8-9,11H2,1-3H3,(H2,19,20,21);1H. The van der Waals surface area contributed by atoms with Crippen LogP contribution in [0.3, 0.4) is 0 Å². The van der Waals surface area contributed by atoms with Crippen LogP contribution in [0, 0.1) is 12.7 Å². The van der Waals surface area contributed by atoms with Gasteiger partial charge in [-0.1, -0.05) is 0 Å². The van der Waals surface area contributed by atoms with Crippen molar-refractivity contribution < 1.29 is 8.81 Å². The van der Waals surface area contributed by atoms with Crippen molar-refractivity contribution in [1.82, 2.24) is 10.6 Å². The topological polar surface area (TPSA) is 49.6 Å². The third-order valence-corrected chi connectivity index (χ3v) is 4.40. The maximum Gasteiger partial charge on any atom is 0.191 e. The molecule has 0 aliphatic rings. The van der Waals surface area contributed by atoms with Gasteiger partial charge in [0, 0.05) is 24.5 Å². The molecule has 24 heavy (non-hydrogen) atoms. The molecule has 1 aromatic heterocycles. The second-order valence-corrected chi connectivity index (χ2v) is 6.33. The number of nitrogens with one attached hydrogen (secondary N) is 2. The van der Waals surface area contributed by atoms with Crippen LogP contribution in [-0.4, -0.2) is 31.6 Å². The summed E-state index contributed by atoms with van der Waals surface area (Å²) < 4.78 is 19.1. The number of fused-ring (bicyclic) bond motifs is 1. The molecule has 0 radical (unpaired) electrons. The van der Waals surface area contributed by atoms with Crippen molar-refractivity contribution in [2.75, 3.05) is 25.6 Å². The van der Waals surface area contributed by atoms with Gasteiger partial charge in [-0.25, -0.2) is 4.39 Å². The second-order valence-electron chi connectivity index (χ2n) is 5.34. The van der Waals surface area contributed by atoms with E-state index in [1.54, 1.807) is 13.1 Å². The van der Waals surface area contributed by atoms with Crippen LogP contribution in [0.4, 0.5) is 4.39 Å². The first kappa shape index (κ1) is 21.1. The van der Waals surface area contributed by atoms with E-state index >= 15 is 0 Å². The number of guanidine groups is 1. The molecule has 0 amide bonds. The summed E-state index contributed by atoms with van der Waals surface area (Å²) in [5, 5.41) is 7.35. The largest absolute Gasteiger partial charge is 0.459 e. The highest BCUT2D eigenvalue weighted by Gasteiger charge is 2.11. The van der Waals surface area contributed by atoms with Gasteiger partial charge < -0.3 is 15.1 Å². The summed E-state index contributed by atoms with van der Waals surface area (Å²) in [5.41, 5.74) is 1.67. The average molecular weight is 465 g/mol. The molecule has 0 saturated heterocycles. The zero-order chi connectivity index (χ0) is 16.7. The first-order valence-corrected chi connectivity index (χ1v) is 9.16. The Hall–Kier alpha value is -0.960. The lowest BCUT2D eigenvalue weighted by atomic mass is 10.1. The highest BCUT2D eigenvalue weighted by Crippen LogP contribution is 2.25. The molecule has 134 valence electrons. The monoisotopic (exact) mass is 465 g/mol. The number of hydrogen-bond acceptors (Lipinski definition) is 3. The minimum Gasteiger partial charge on any atom is -0.459 e. The molecule has 0 fully saturated rings. The predicted molar refractivity (Wildman–Crippen MR) is 112 cm³/mol. The zero-order valence-electron chi connectivity index (χ0n) is 14.3. The Morgan fingerprint density at radius 2 is 2.08 bits per heavy atom. The molecule has 7 heteroatoms. The Morgan fingerprint density at radius 3 is 2.79 bits per heavy atom. The summed E-state index contributed by atoms with van der Waals surface area (Å²) in [4.78, 5) is 4.21. The maximum absolute atomic E-state index is 13.3. The smallest absolute Gasteiger partial charge is 0.191 e. The van der Waals surface area contributed by atoms with Crippen LogP contribution in [0.5, 0.6) is 0 Å². The number of unbranched alkanes of at least 4 members (excludes halogenated alkanes) is 1. The molecule has 1 heterocycles. The first-order valence-electron chi connectivity index (χ1n) is 7.76. The number of halogens is 2. The van der Waals surface area contributed by atoms with Crippen molar-refractivity contribution in [3.8, 4) is 0 Å².